The first-order chi connectivity index (χ1) is 5.87. The number of hydrogen-bond donors (Lipinski definition) is 0. The molecule has 1 saturated carbocycles. The maximum Gasteiger partial charge on any atom is 0.131 e. The van der Waals surface area contributed by atoms with E-state index in [9.17, 15) is 4.79 Å². The summed E-state index contributed by atoms with van der Waals surface area (Å²) in [4.78, 5) is 12.3. The number of hydrogen-bond acceptors (Lipinski definition) is 2. The van der Waals surface area contributed by atoms with Gasteiger partial charge in [0.2, 0.25) is 0 Å². The van der Waals surface area contributed by atoms with Crippen LogP contribution in [-0.2, 0) is 10.2 Å². The summed E-state index contributed by atoms with van der Waals surface area (Å²) in [5.41, 5.74) is -0.103. The Bertz CT molecular complexity index is 257. The van der Waals surface area contributed by atoms with E-state index in [4.69, 9.17) is 0 Å². The third-order valence-corrected chi connectivity index (χ3v) is 3.82. The van der Waals surface area contributed by atoms with Crippen molar-refractivity contribution in [2.75, 3.05) is 0 Å². The number of aldehydes is 1. The Balaban J connectivity index is 2.34. The molecule has 0 N–H and O–H groups in total. The molecule has 1 aliphatic rings. The van der Waals surface area contributed by atoms with E-state index >= 15 is 0 Å². The average Bonchev–Trinajstić information content (AvgIpc) is 2.76. The summed E-state index contributed by atoms with van der Waals surface area (Å²) in [6.45, 7) is 0. The molecule has 0 aromatic carbocycles. The van der Waals surface area contributed by atoms with Gasteiger partial charge < -0.3 is 4.79 Å². The molecule has 12 heavy (non-hydrogen) atoms. The molecule has 1 nitrogen and oxygen atoms in total. The van der Waals surface area contributed by atoms with E-state index in [1.165, 1.54) is 17.7 Å². The van der Waals surface area contributed by atoms with Crippen LogP contribution >= 0.6 is 11.3 Å². The molecule has 0 aliphatic heterocycles. The fourth-order valence-electron chi connectivity index (χ4n) is 1.99. The van der Waals surface area contributed by atoms with Crippen LogP contribution in [0.15, 0.2) is 17.5 Å². The van der Waals surface area contributed by atoms with Gasteiger partial charge in [-0.15, -0.1) is 11.3 Å². The van der Waals surface area contributed by atoms with Crippen molar-refractivity contribution in [1.29, 1.82) is 0 Å². The van der Waals surface area contributed by atoms with Crippen LogP contribution < -0.4 is 0 Å². The Morgan fingerprint density at radius 1 is 1.42 bits per heavy atom. The van der Waals surface area contributed by atoms with Crippen LogP contribution in [0.5, 0.6) is 0 Å². The van der Waals surface area contributed by atoms with Gasteiger partial charge in [0.1, 0.15) is 6.29 Å². The summed E-state index contributed by atoms with van der Waals surface area (Å²) in [5.74, 6) is 0. The van der Waals surface area contributed by atoms with E-state index in [2.05, 4.69) is 11.4 Å². The van der Waals surface area contributed by atoms with Gasteiger partial charge in [-0.1, -0.05) is 18.9 Å². The maximum absolute atomic E-state index is 11.0. The molecule has 1 aromatic heterocycles. The van der Waals surface area contributed by atoms with Gasteiger partial charge in [-0.25, -0.2) is 0 Å². The molecule has 0 atom stereocenters. The second kappa shape index (κ2) is 3.02. The Morgan fingerprint density at radius 2 is 2.17 bits per heavy atom. The van der Waals surface area contributed by atoms with Gasteiger partial charge in [-0.3, -0.25) is 0 Å². The number of carbonyl (C=O) groups is 1. The molecular weight excluding hydrogens is 168 g/mol. The molecule has 0 saturated heterocycles. The second-order valence-corrected chi connectivity index (χ2v) is 4.41. The number of rotatable bonds is 2. The molecular formula is C10H12OS. The lowest BCUT2D eigenvalue weighted by Crippen LogP contribution is -2.21. The van der Waals surface area contributed by atoms with Gasteiger partial charge in [-0.05, 0) is 24.3 Å². The fraction of sp³-hybridized carbons (Fsp3) is 0.500. The predicted octanol–water partition coefficient (Wildman–Crippen LogP) is 2.76. The van der Waals surface area contributed by atoms with Crippen LogP contribution in [0.1, 0.15) is 30.6 Å². The monoisotopic (exact) mass is 180 g/mol. The molecule has 1 aromatic rings. The van der Waals surface area contributed by atoms with E-state index in [1.807, 2.05) is 6.07 Å². The maximum atomic E-state index is 11.0. The van der Waals surface area contributed by atoms with Crippen molar-refractivity contribution < 1.29 is 4.79 Å². The first kappa shape index (κ1) is 7.99. The summed E-state index contributed by atoms with van der Waals surface area (Å²) in [5, 5.41) is 2.05. The van der Waals surface area contributed by atoms with Crippen molar-refractivity contribution in [1.82, 2.24) is 0 Å². The van der Waals surface area contributed by atoms with Gasteiger partial charge >= 0.3 is 0 Å². The van der Waals surface area contributed by atoms with Crippen LogP contribution in [0.2, 0.25) is 0 Å². The first-order valence-corrected chi connectivity index (χ1v) is 5.26. The summed E-state index contributed by atoms with van der Waals surface area (Å²) in [7, 11) is 0. The SMILES string of the molecule is O=CC1(c2cccs2)CCCC1. The Hall–Kier alpha value is -0.630. The average molecular weight is 180 g/mol. The van der Waals surface area contributed by atoms with Crippen molar-refractivity contribution in [3.63, 3.8) is 0 Å². The lowest BCUT2D eigenvalue weighted by atomic mass is 9.86. The zero-order chi connectivity index (χ0) is 8.44. The van der Waals surface area contributed by atoms with Gasteiger partial charge in [0.15, 0.2) is 0 Å². The van der Waals surface area contributed by atoms with Crippen molar-refractivity contribution >= 4 is 17.6 Å². The molecule has 2 heteroatoms. The highest BCUT2D eigenvalue weighted by Crippen LogP contribution is 2.41. The minimum atomic E-state index is -0.103. The van der Waals surface area contributed by atoms with Gasteiger partial charge in [0.05, 0.1) is 5.41 Å². The quantitative estimate of drug-likeness (QED) is 0.640. The molecule has 0 amide bonds. The Morgan fingerprint density at radius 3 is 2.67 bits per heavy atom. The molecule has 2 rings (SSSR count). The molecule has 1 heterocycles. The minimum absolute atomic E-state index is 0.103. The van der Waals surface area contributed by atoms with Gasteiger partial charge in [0.25, 0.3) is 0 Å². The van der Waals surface area contributed by atoms with Crippen LogP contribution in [0, 0.1) is 0 Å². The summed E-state index contributed by atoms with van der Waals surface area (Å²) >= 11 is 1.71. The lowest BCUT2D eigenvalue weighted by Gasteiger charge is -2.19. The van der Waals surface area contributed by atoms with E-state index in [0.717, 1.165) is 19.1 Å². The predicted molar refractivity (Wildman–Crippen MR) is 50.5 cm³/mol. The van der Waals surface area contributed by atoms with E-state index in [-0.39, 0.29) is 5.41 Å². The fourth-order valence-corrected chi connectivity index (χ4v) is 2.94. The molecule has 1 aliphatic carbocycles. The van der Waals surface area contributed by atoms with E-state index in [1.54, 1.807) is 11.3 Å². The van der Waals surface area contributed by atoms with Crippen LogP contribution in [0.25, 0.3) is 0 Å². The minimum Gasteiger partial charge on any atom is -0.302 e. The highest BCUT2D eigenvalue weighted by Gasteiger charge is 2.35. The topological polar surface area (TPSA) is 17.1 Å². The summed E-state index contributed by atoms with van der Waals surface area (Å²) in [6.07, 6.45) is 5.67. The van der Waals surface area contributed by atoms with Crippen molar-refractivity contribution in [2.45, 2.75) is 31.1 Å². The highest BCUT2D eigenvalue weighted by atomic mass is 32.1. The Kier molecular flexibility index (Phi) is 2.01. The lowest BCUT2D eigenvalue weighted by molar-refractivity contribution is -0.112. The van der Waals surface area contributed by atoms with E-state index < -0.39 is 0 Å². The summed E-state index contributed by atoms with van der Waals surface area (Å²) < 4.78 is 0. The largest absolute Gasteiger partial charge is 0.302 e. The molecule has 0 spiro atoms. The number of thiophene rings is 1. The molecule has 0 bridgehead atoms. The third-order valence-electron chi connectivity index (χ3n) is 2.73. The summed E-state index contributed by atoms with van der Waals surface area (Å²) in [6, 6.07) is 4.12. The molecule has 0 unspecified atom stereocenters. The zero-order valence-corrected chi connectivity index (χ0v) is 7.77. The highest BCUT2D eigenvalue weighted by molar-refractivity contribution is 7.10. The third kappa shape index (κ3) is 1.11. The zero-order valence-electron chi connectivity index (χ0n) is 6.95. The van der Waals surface area contributed by atoms with Crippen LogP contribution in [-0.4, -0.2) is 6.29 Å². The molecule has 0 radical (unpaired) electrons. The molecule has 1 fully saturated rings. The van der Waals surface area contributed by atoms with Crippen LogP contribution in [0.3, 0.4) is 0 Å². The van der Waals surface area contributed by atoms with Crippen molar-refractivity contribution in [2.24, 2.45) is 0 Å². The van der Waals surface area contributed by atoms with Crippen molar-refractivity contribution in [3.8, 4) is 0 Å². The van der Waals surface area contributed by atoms with Crippen molar-refractivity contribution in [3.05, 3.63) is 22.4 Å². The van der Waals surface area contributed by atoms with Gasteiger partial charge in [0, 0.05) is 4.88 Å². The normalized spacial score (nSPS) is 21.0. The van der Waals surface area contributed by atoms with Crippen LogP contribution in [0.4, 0.5) is 0 Å². The second-order valence-electron chi connectivity index (χ2n) is 3.46. The standard InChI is InChI=1S/C10H12OS/c11-8-10(5-1-2-6-10)9-4-3-7-12-9/h3-4,7-8H,1-2,5-6H2. The Labute approximate surface area is 76.4 Å². The molecule has 64 valence electrons. The van der Waals surface area contributed by atoms with Gasteiger partial charge in [-0.2, -0.15) is 0 Å². The number of carbonyl (C=O) groups excluding carboxylic acids is 1. The smallest absolute Gasteiger partial charge is 0.131 e. The van der Waals surface area contributed by atoms with E-state index in [0.29, 0.717) is 0 Å². The first-order valence-electron chi connectivity index (χ1n) is 4.38.